The molecule has 1 atom stereocenters. The predicted molar refractivity (Wildman–Crippen MR) is 84.0 cm³/mol. The molecule has 4 heteroatoms. The molecule has 0 amide bonds. The van der Waals surface area contributed by atoms with Gasteiger partial charge in [0.2, 0.25) is 0 Å². The Morgan fingerprint density at radius 1 is 1.37 bits per heavy atom. The minimum Gasteiger partial charge on any atom is -0.359 e. The fraction of sp³-hybridized carbons (Fsp3) is 0.933. The molecule has 2 saturated carbocycles. The molecule has 1 heterocycles. The normalized spacial score (nSPS) is 29.9. The van der Waals surface area contributed by atoms with Crippen LogP contribution in [0.2, 0.25) is 0 Å². The number of hydrogen-bond donors (Lipinski definition) is 1. The van der Waals surface area contributed by atoms with Gasteiger partial charge in [-0.3, -0.25) is 9.89 Å². The lowest BCUT2D eigenvalue weighted by molar-refractivity contribution is 0.253. The zero-order chi connectivity index (χ0) is 13.3. The summed E-state index contributed by atoms with van der Waals surface area (Å²) in [5, 5.41) is 4.95. The van der Waals surface area contributed by atoms with Crippen LogP contribution in [0.4, 0.5) is 0 Å². The van der Waals surface area contributed by atoms with Crippen LogP contribution in [0, 0.1) is 0 Å². The van der Waals surface area contributed by atoms with Crippen LogP contribution < -0.4 is 5.32 Å². The Hall–Kier alpha value is -0.220. The first-order valence-electron chi connectivity index (χ1n) is 7.86. The number of rotatable bonds is 4. The molecule has 1 aliphatic heterocycles. The topological polar surface area (TPSA) is 27.6 Å². The van der Waals surface area contributed by atoms with Crippen molar-refractivity contribution in [2.75, 3.05) is 19.3 Å². The highest BCUT2D eigenvalue weighted by Crippen LogP contribution is 2.36. The van der Waals surface area contributed by atoms with E-state index in [0.29, 0.717) is 11.6 Å². The zero-order valence-corrected chi connectivity index (χ0v) is 13.1. The van der Waals surface area contributed by atoms with Gasteiger partial charge in [-0.05, 0) is 39.7 Å². The molecule has 2 aliphatic carbocycles. The van der Waals surface area contributed by atoms with Gasteiger partial charge in [0, 0.05) is 23.4 Å². The van der Waals surface area contributed by atoms with E-state index in [2.05, 4.69) is 24.2 Å². The molecule has 108 valence electrons. The third-order valence-corrected chi connectivity index (χ3v) is 6.19. The van der Waals surface area contributed by atoms with E-state index >= 15 is 0 Å². The molecule has 3 aliphatic rings. The van der Waals surface area contributed by atoms with Crippen molar-refractivity contribution in [3.05, 3.63) is 0 Å². The fourth-order valence-corrected chi connectivity index (χ4v) is 4.50. The molecule has 0 bridgehead atoms. The molecule has 1 N–H and O–H groups in total. The Kier molecular flexibility index (Phi) is 4.08. The third kappa shape index (κ3) is 3.27. The average molecular weight is 281 g/mol. The molecular weight excluding hydrogens is 254 g/mol. The maximum atomic E-state index is 4.83. The Balaban J connectivity index is 1.50. The van der Waals surface area contributed by atoms with Gasteiger partial charge in [-0.25, -0.2) is 0 Å². The van der Waals surface area contributed by atoms with E-state index < -0.39 is 0 Å². The van der Waals surface area contributed by atoms with Crippen LogP contribution >= 0.6 is 11.8 Å². The molecule has 0 aromatic heterocycles. The molecule has 0 aromatic carbocycles. The van der Waals surface area contributed by atoms with Crippen molar-refractivity contribution in [3.8, 4) is 0 Å². The SMILES string of the molecule is CC(CN=C1NC2(CCCCC2)CS1)N(C)C1CC1. The second-order valence-electron chi connectivity index (χ2n) is 6.65. The smallest absolute Gasteiger partial charge is 0.157 e. The van der Waals surface area contributed by atoms with Crippen LogP contribution in [0.25, 0.3) is 0 Å². The van der Waals surface area contributed by atoms with E-state index in [9.17, 15) is 0 Å². The highest BCUT2D eigenvalue weighted by molar-refractivity contribution is 8.14. The Morgan fingerprint density at radius 3 is 2.79 bits per heavy atom. The van der Waals surface area contributed by atoms with E-state index in [4.69, 9.17) is 4.99 Å². The monoisotopic (exact) mass is 281 g/mol. The van der Waals surface area contributed by atoms with Crippen molar-refractivity contribution in [2.45, 2.75) is 69.5 Å². The number of nitrogens with one attached hydrogen (secondary N) is 1. The quantitative estimate of drug-likeness (QED) is 0.858. The van der Waals surface area contributed by atoms with Crippen LogP contribution in [-0.4, -0.2) is 47.0 Å². The van der Waals surface area contributed by atoms with E-state index in [1.54, 1.807) is 0 Å². The average Bonchev–Trinajstić information content (AvgIpc) is 3.21. The molecule has 0 radical (unpaired) electrons. The molecule has 1 saturated heterocycles. The van der Waals surface area contributed by atoms with Crippen molar-refractivity contribution in [1.82, 2.24) is 10.2 Å². The predicted octanol–water partition coefficient (Wildman–Crippen LogP) is 2.86. The minimum absolute atomic E-state index is 0.396. The van der Waals surface area contributed by atoms with Crippen LogP contribution in [-0.2, 0) is 0 Å². The number of amidine groups is 1. The summed E-state index contributed by atoms with van der Waals surface area (Å²) >= 11 is 1.95. The molecule has 1 spiro atoms. The largest absolute Gasteiger partial charge is 0.359 e. The van der Waals surface area contributed by atoms with Crippen LogP contribution in [0.3, 0.4) is 0 Å². The van der Waals surface area contributed by atoms with Gasteiger partial charge >= 0.3 is 0 Å². The van der Waals surface area contributed by atoms with E-state index in [-0.39, 0.29) is 0 Å². The first-order valence-corrected chi connectivity index (χ1v) is 8.84. The zero-order valence-electron chi connectivity index (χ0n) is 12.3. The molecular formula is C15H27N3S. The minimum atomic E-state index is 0.396. The molecule has 19 heavy (non-hydrogen) atoms. The van der Waals surface area contributed by atoms with Gasteiger partial charge < -0.3 is 5.32 Å². The van der Waals surface area contributed by atoms with Gasteiger partial charge in [0.05, 0.1) is 6.54 Å². The number of nitrogens with zero attached hydrogens (tertiary/aromatic N) is 2. The second-order valence-corrected chi connectivity index (χ2v) is 7.61. The number of hydrogen-bond acceptors (Lipinski definition) is 3. The van der Waals surface area contributed by atoms with Crippen molar-refractivity contribution in [3.63, 3.8) is 0 Å². The highest BCUT2D eigenvalue weighted by atomic mass is 32.2. The number of thioether (sulfide) groups is 1. The highest BCUT2D eigenvalue weighted by Gasteiger charge is 2.38. The summed E-state index contributed by atoms with van der Waals surface area (Å²) in [7, 11) is 2.25. The van der Waals surface area contributed by atoms with Crippen molar-refractivity contribution < 1.29 is 0 Å². The Bertz CT molecular complexity index is 345. The van der Waals surface area contributed by atoms with Crippen molar-refractivity contribution in [2.24, 2.45) is 4.99 Å². The fourth-order valence-electron chi connectivity index (χ4n) is 3.27. The van der Waals surface area contributed by atoms with Crippen molar-refractivity contribution in [1.29, 1.82) is 0 Å². The Morgan fingerprint density at radius 2 is 2.11 bits per heavy atom. The third-order valence-electron chi connectivity index (χ3n) is 4.99. The van der Waals surface area contributed by atoms with E-state index in [0.717, 1.165) is 12.6 Å². The summed E-state index contributed by atoms with van der Waals surface area (Å²) in [5.41, 5.74) is 0.396. The van der Waals surface area contributed by atoms with E-state index in [1.807, 2.05) is 11.8 Å². The van der Waals surface area contributed by atoms with Gasteiger partial charge in [-0.15, -0.1) is 0 Å². The number of aliphatic imine (C=N–C) groups is 1. The van der Waals surface area contributed by atoms with Gasteiger partial charge in [-0.2, -0.15) is 0 Å². The lowest BCUT2D eigenvalue weighted by Crippen LogP contribution is -2.45. The summed E-state index contributed by atoms with van der Waals surface area (Å²) < 4.78 is 0. The van der Waals surface area contributed by atoms with Gasteiger partial charge in [0.15, 0.2) is 5.17 Å². The Labute approximate surface area is 121 Å². The number of likely N-dealkylation sites (N-methyl/N-ethyl adjacent to an activating group) is 1. The van der Waals surface area contributed by atoms with Crippen LogP contribution in [0.5, 0.6) is 0 Å². The maximum Gasteiger partial charge on any atom is 0.157 e. The summed E-state index contributed by atoms with van der Waals surface area (Å²) in [5.74, 6) is 1.23. The molecule has 3 nitrogen and oxygen atoms in total. The van der Waals surface area contributed by atoms with E-state index in [1.165, 1.54) is 55.9 Å². The summed E-state index contributed by atoms with van der Waals surface area (Å²) in [6.07, 6.45) is 9.65. The lowest BCUT2D eigenvalue weighted by Gasteiger charge is -2.32. The summed E-state index contributed by atoms with van der Waals surface area (Å²) in [4.78, 5) is 7.33. The second kappa shape index (κ2) is 5.65. The molecule has 3 rings (SSSR count). The lowest BCUT2D eigenvalue weighted by atomic mass is 9.83. The van der Waals surface area contributed by atoms with Crippen molar-refractivity contribution >= 4 is 16.9 Å². The van der Waals surface area contributed by atoms with Crippen LogP contribution in [0.15, 0.2) is 4.99 Å². The summed E-state index contributed by atoms with van der Waals surface area (Å²) in [6, 6.07) is 1.41. The molecule has 1 unspecified atom stereocenters. The van der Waals surface area contributed by atoms with Gasteiger partial charge in [0.25, 0.3) is 0 Å². The first kappa shape index (κ1) is 13.7. The first-order chi connectivity index (χ1) is 9.19. The van der Waals surface area contributed by atoms with Gasteiger partial charge in [-0.1, -0.05) is 31.0 Å². The standard InChI is InChI=1S/C15H27N3S/c1-12(18(2)13-6-7-13)10-16-14-17-15(11-19-14)8-4-3-5-9-15/h12-13H,3-11H2,1-2H3,(H,16,17). The van der Waals surface area contributed by atoms with Gasteiger partial charge in [0.1, 0.15) is 0 Å². The molecule has 0 aromatic rings. The van der Waals surface area contributed by atoms with Crippen LogP contribution in [0.1, 0.15) is 51.9 Å². The maximum absolute atomic E-state index is 4.83. The molecule has 3 fully saturated rings. The summed E-state index contributed by atoms with van der Waals surface area (Å²) in [6.45, 7) is 3.25.